The maximum atomic E-state index is 3.01. The molecule has 1 rings (SSSR count). The van der Waals surface area contributed by atoms with Crippen molar-refractivity contribution in [2.45, 2.75) is 201 Å². The predicted molar refractivity (Wildman–Crippen MR) is 178 cm³/mol. The van der Waals surface area contributed by atoms with Crippen molar-refractivity contribution in [3.63, 3.8) is 0 Å². The van der Waals surface area contributed by atoms with Crippen LogP contribution >= 0.6 is 0 Å². The predicted octanol–water partition coefficient (Wildman–Crippen LogP) is 11.7. The minimum absolute atomic E-state index is 0.772. The highest BCUT2D eigenvalue weighted by Crippen LogP contribution is 2.28. The van der Waals surface area contributed by atoms with E-state index in [9.17, 15) is 0 Å². The summed E-state index contributed by atoms with van der Waals surface area (Å²) in [4.78, 5) is 5.88. The second-order valence-corrected chi connectivity index (χ2v) is 13.5. The second kappa shape index (κ2) is 25.6. The topological polar surface area (TPSA) is 6.48 Å². The van der Waals surface area contributed by atoms with Crippen molar-refractivity contribution < 1.29 is 0 Å². The number of rotatable bonds is 27. The molecule has 0 N–H and O–H groups in total. The van der Waals surface area contributed by atoms with Crippen molar-refractivity contribution in [2.24, 2.45) is 11.8 Å². The van der Waals surface area contributed by atoms with Crippen molar-refractivity contribution in [3.8, 4) is 0 Å². The average Bonchev–Trinajstić information content (AvgIpc) is 2.95. The van der Waals surface area contributed by atoms with Gasteiger partial charge in [0.15, 0.2) is 0 Å². The Labute approximate surface area is 248 Å². The van der Waals surface area contributed by atoms with Crippen molar-refractivity contribution in [1.29, 1.82) is 0 Å². The van der Waals surface area contributed by atoms with E-state index in [1.54, 1.807) is 0 Å². The van der Waals surface area contributed by atoms with E-state index in [2.05, 4.69) is 51.3 Å². The maximum Gasteiger partial charge on any atom is 0.0224 e. The zero-order valence-electron chi connectivity index (χ0n) is 28.3. The zero-order valence-corrected chi connectivity index (χ0v) is 28.3. The lowest BCUT2D eigenvalue weighted by molar-refractivity contribution is 0.00587. The summed E-state index contributed by atoms with van der Waals surface area (Å²) in [6, 6.07) is 1.54. The maximum absolute atomic E-state index is 3.01. The van der Waals surface area contributed by atoms with E-state index in [0.717, 1.165) is 23.9 Å². The van der Waals surface area contributed by atoms with E-state index >= 15 is 0 Å². The van der Waals surface area contributed by atoms with Crippen LogP contribution in [0.5, 0.6) is 0 Å². The van der Waals surface area contributed by atoms with Gasteiger partial charge in [-0.25, -0.2) is 0 Å². The van der Waals surface area contributed by atoms with Gasteiger partial charge in [-0.15, -0.1) is 0 Å². The fraction of sp³-hybridized carbons (Fsp3) is 1.00. The molecule has 0 radical (unpaired) electrons. The van der Waals surface area contributed by atoms with Crippen LogP contribution < -0.4 is 0 Å². The van der Waals surface area contributed by atoms with E-state index in [1.807, 2.05) is 0 Å². The van der Waals surface area contributed by atoms with E-state index < -0.39 is 0 Å². The molecular formula is C37H76N2. The Balaban J connectivity index is 2.57. The molecule has 1 aliphatic heterocycles. The van der Waals surface area contributed by atoms with Crippen LogP contribution in [0.1, 0.15) is 189 Å². The van der Waals surface area contributed by atoms with Gasteiger partial charge in [0.25, 0.3) is 0 Å². The van der Waals surface area contributed by atoms with Crippen molar-refractivity contribution >= 4 is 0 Å². The lowest BCUT2D eigenvalue weighted by atomic mass is 9.90. The molecule has 2 unspecified atom stereocenters. The summed E-state index contributed by atoms with van der Waals surface area (Å²) in [5.41, 5.74) is 0. The van der Waals surface area contributed by atoms with E-state index in [0.29, 0.717) is 0 Å². The van der Waals surface area contributed by atoms with Gasteiger partial charge in [0.2, 0.25) is 0 Å². The van der Waals surface area contributed by atoms with Crippen LogP contribution in [0.2, 0.25) is 0 Å². The summed E-state index contributed by atoms with van der Waals surface area (Å²) < 4.78 is 0. The van der Waals surface area contributed by atoms with E-state index in [1.165, 1.54) is 174 Å². The smallest absolute Gasteiger partial charge is 0.0224 e. The van der Waals surface area contributed by atoms with Crippen LogP contribution in [0.4, 0.5) is 0 Å². The first-order valence-corrected chi connectivity index (χ1v) is 18.6. The molecule has 0 aromatic carbocycles. The molecule has 0 bridgehead atoms. The fourth-order valence-corrected chi connectivity index (χ4v) is 7.30. The minimum atomic E-state index is 0.772. The van der Waals surface area contributed by atoms with E-state index in [-0.39, 0.29) is 0 Å². The van der Waals surface area contributed by atoms with Crippen LogP contribution in [0, 0.1) is 11.8 Å². The summed E-state index contributed by atoms with van der Waals surface area (Å²) >= 11 is 0. The van der Waals surface area contributed by atoms with Gasteiger partial charge in [-0.05, 0) is 50.5 Å². The molecule has 1 aliphatic rings. The standard InChI is InChI=1S/C37H76N2/c1-7-13-17-21-26-34(25-19-15-9-3)27-23-24-30-38-32-36(11-5)39(37(12-6)33-38)31-35(28-20-16-10-4)29-22-18-14-8-2/h34-37H,7-33H2,1-6H3/t34?,35?,36-,37+. The molecule has 0 spiro atoms. The molecule has 2 nitrogen and oxygen atoms in total. The highest BCUT2D eigenvalue weighted by molar-refractivity contribution is 4.89. The normalized spacial score (nSPS) is 20.5. The van der Waals surface area contributed by atoms with Crippen LogP contribution in [0.25, 0.3) is 0 Å². The Bertz CT molecular complexity index is 492. The zero-order chi connectivity index (χ0) is 28.6. The number of piperazine rings is 1. The molecule has 1 saturated heterocycles. The summed E-state index contributed by atoms with van der Waals surface area (Å²) in [5.74, 6) is 1.92. The van der Waals surface area contributed by atoms with E-state index in [4.69, 9.17) is 0 Å². The van der Waals surface area contributed by atoms with Gasteiger partial charge in [0.1, 0.15) is 0 Å². The van der Waals surface area contributed by atoms with Gasteiger partial charge in [-0.3, -0.25) is 4.90 Å². The lowest BCUT2D eigenvalue weighted by Crippen LogP contribution is -2.59. The SMILES string of the molecule is CCCCCCC(CCCCC)CCCCN1C[C@@H](CC)N(CC(CCCCC)CCCCCC)[C@@H](CC)C1. The van der Waals surface area contributed by atoms with Crippen LogP contribution in [-0.2, 0) is 0 Å². The first-order valence-electron chi connectivity index (χ1n) is 18.6. The highest BCUT2D eigenvalue weighted by atomic mass is 15.3. The van der Waals surface area contributed by atoms with Gasteiger partial charge in [-0.1, -0.05) is 157 Å². The summed E-state index contributed by atoms with van der Waals surface area (Å²) in [5, 5.41) is 0. The van der Waals surface area contributed by atoms with Gasteiger partial charge in [0.05, 0.1) is 0 Å². The van der Waals surface area contributed by atoms with Crippen LogP contribution in [0.3, 0.4) is 0 Å². The van der Waals surface area contributed by atoms with Crippen LogP contribution in [-0.4, -0.2) is 48.1 Å². The van der Waals surface area contributed by atoms with Crippen molar-refractivity contribution in [3.05, 3.63) is 0 Å². The molecule has 1 heterocycles. The second-order valence-electron chi connectivity index (χ2n) is 13.5. The first kappa shape index (κ1) is 36.9. The Morgan fingerprint density at radius 3 is 1.28 bits per heavy atom. The Kier molecular flexibility index (Phi) is 24.3. The Morgan fingerprint density at radius 2 is 0.846 bits per heavy atom. The molecule has 0 aliphatic carbocycles. The third-order valence-electron chi connectivity index (χ3n) is 9.99. The lowest BCUT2D eigenvalue weighted by Gasteiger charge is -2.48. The molecule has 0 amide bonds. The van der Waals surface area contributed by atoms with Gasteiger partial charge in [0, 0.05) is 31.7 Å². The van der Waals surface area contributed by atoms with Gasteiger partial charge in [-0.2, -0.15) is 0 Å². The average molecular weight is 549 g/mol. The highest BCUT2D eigenvalue weighted by Gasteiger charge is 2.33. The van der Waals surface area contributed by atoms with Gasteiger partial charge < -0.3 is 4.90 Å². The quantitative estimate of drug-likeness (QED) is 0.0942. The number of hydrogen-bond donors (Lipinski definition) is 0. The molecule has 234 valence electrons. The van der Waals surface area contributed by atoms with Crippen molar-refractivity contribution in [1.82, 2.24) is 9.80 Å². The third kappa shape index (κ3) is 17.5. The van der Waals surface area contributed by atoms with Crippen molar-refractivity contribution in [2.75, 3.05) is 26.2 Å². The summed E-state index contributed by atoms with van der Waals surface area (Å²) in [6.45, 7) is 19.7. The molecule has 0 aromatic heterocycles. The molecule has 0 saturated carbocycles. The molecule has 0 aromatic rings. The fourth-order valence-electron chi connectivity index (χ4n) is 7.30. The largest absolute Gasteiger partial charge is 0.300 e. The summed E-state index contributed by atoms with van der Waals surface area (Å²) in [7, 11) is 0. The number of unbranched alkanes of at least 4 members (excludes halogenated alkanes) is 11. The molecule has 1 fully saturated rings. The first-order chi connectivity index (χ1) is 19.1. The van der Waals surface area contributed by atoms with Gasteiger partial charge >= 0.3 is 0 Å². The van der Waals surface area contributed by atoms with Crippen LogP contribution in [0.15, 0.2) is 0 Å². The molecule has 39 heavy (non-hydrogen) atoms. The number of hydrogen-bond acceptors (Lipinski definition) is 2. The molecular weight excluding hydrogens is 472 g/mol. The monoisotopic (exact) mass is 549 g/mol. The third-order valence-corrected chi connectivity index (χ3v) is 9.99. The molecule has 4 atom stereocenters. The Morgan fingerprint density at radius 1 is 0.462 bits per heavy atom. The Hall–Kier alpha value is -0.0800. The summed E-state index contributed by atoms with van der Waals surface area (Å²) in [6.07, 6.45) is 32.8. The number of nitrogens with zero attached hydrogens (tertiary/aromatic N) is 2. The minimum Gasteiger partial charge on any atom is -0.300 e. The molecule has 2 heteroatoms.